The molecule has 2 aliphatic heterocycles. The number of carbonyl (C=O) groups is 1. The van der Waals surface area contributed by atoms with E-state index in [0.29, 0.717) is 18.1 Å². The minimum absolute atomic E-state index is 0.156. The van der Waals surface area contributed by atoms with Gasteiger partial charge in [0, 0.05) is 24.6 Å². The largest absolute Gasteiger partial charge is 0.375 e. The van der Waals surface area contributed by atoms with Crippen LogP contribution in [0.4, 0.5) is 0 Å². The van der Waals surface area contributed by atoms with Crippen molar-refractivity contribution in [2.24, 2.45) is 5.92 Å². The minimum Gasteiger partial charge on any atom is -0.375 e. The average molecular weight is 295 g/mol. The maximum atomic E-state index is 12.8. The topological polar surface area (TPSA) is 29.5 Å². The van der Waals surface area contributed by atoms with Crippen molar-refractivity contribution in [1.82, 2.24) is 4.90 Å². The predicted molar refractivity (Wildman–Crippen MR) is 86.9 cm³/mol. The molecule has 2 heterocycles. The number of nitrogens with zero attached hydrogens (tertiary/aromatic N) is 1. The Kier molecular flexibility index (Phi) is 3.38. The average Bonchev–Trinajstić information content (AvgIpc) is 2.92. The van der Waals surface area contributed by atoms with Crippen LogP contribution in [0.2, 0.25) is 0 Å². The van der Waals surface area contributed by atoms with Crippen LogP contribution in [0.1, 0.15) is 30.1 Å². The number of rotatable bonds is 1. The summed E-state index contributed by atoms with van der Waals surface area (Å²) in [7, 11) is 0. The highest BCUT2D eigenvalue weighted by Crippen LogP contribution is 2.33. The second-order valence-corrected chi connectivity index (χ2v) is 6.58. The third kappa shape index (κ3) is 2.40. The molecule has 22 heavy (non-hydrogen) atoms. The Morgan fingerprint density at radius 1 is 1.18 bits per heavy atom. The summed E-state index contributed by atoms with van der Waals surface area (Å²) in [5, 5.41) is 2.30. The zero-order valence-electron chi connectivity index (χ0n) is 12.9. The second-order valence-electron chi connectivity index (χ2n) is 6.58. The van der Waals surface area contributed by atoms with Gasteiger partial charge in [0.05, 0.1) is 12.2 Å². The van der Waals surface area contributed by atoms with Gasteiger partial charge in [-0.15, -0.1) is 0 Å². The number of amides is 1. The molecule has 3 nitrogen and oxygen atoms in total. The van der Waals surface area contributed by atoms with Gasteiger partial charge < -0.3 is 9.64 Å². The number of fused-ring (bicyclic) bond motifs is 2. The lowest BCUT2D eigenvalue weighted by molar-refractivity contribution is 0.00865. The number of hydrogen-bond donors (Lipinski definition) is 0. The van der Waals surface area contributed by atoms with E-state index in [-0.39, 0.29) is 5.91 Å². The van der Waals surface area contributed by atoms with Crippen molar-refractivity contribution in [3.63, 3.8) is 0 Å². The van der Waals surface area contributed by atoms with E-state index in [9.17, 15) is 4.79 Å². The molecule has 2 aromatic rings. The smallest absolute Gasteiger partial charge is 0.253 e. The van der Waals surface area contributed by atoms with Gasteiger partial charge in [-0.1, -0.05) is 30.3 Å². The summed E-state index contributed by atoms with van der Waals surface area (Å²) in [6.07, 6.45) is 2.74. The molecule has 1 amide bonds. The van der Waals surface area contributed by atoms with Crippen LogP contribution in [0, 0.1) is 5.92 Å². The number of ether oxygens (including phenoxy) is 1. The maximum Gasteiger partial charge on any atom is 0.253 e. The van der Waals surface area contributed by atoms with Gasteiger partial charge in [-0.05, 0) is 42.7 Å². The Morgan fingerprint density at radius 3 is 2.86 bits per heavy atom. The van der Waals surface area contributed by atoms with Crippen LogP contribution in [0.15, 0.2) is 42.5 Å². The number of piperidine rings is 1. The lowest BCUT2D eigenvalue weighted by Gasteiger charge is -2.34. The van der Waals surface area contributed by atoms with Crippen molar-refractivity contribution < 1.29 is 9.53 Å². The number of hydrogen-bond acceptors (Lipinski definition) is 2. The van der Waals surface area contributed by atoms with Crippen LogP contribution >= 0.6 is 0 Å². The highest BCUT2D eigenvalue weighted by molar-refractivity contribution is 5.98. The summed E-state index contributed by atoms with van der Waals surface area (Å²) >= 11 is 0. The van der Waals surface area contributed by atoms with Gasteiger partial charge in [-0.2, -0.15) is 0 Å². The van der Waals surface area contributed by atoms with E-state index in [2.05, 4.69) is 19.1 Å². The molecule has 0 spiro atoms. The Bertz CT molecular complexity index is 711. The summed E-state index contributed by atoms with van der Waals surface area (Å²) in [6.45, 7) is 3.77. The maximum absolute atomic E-state index is 12.8. The van der Waals surface area contributed by atoms with Gasteiger partial charge in [0.15, 0.2) is 0 Å². The van der Waals surface area contributed by atoms with Crippen molar-refractivity contribution in [2.75, 3.05) is 13.1 Å². The molecule has 3 heteroatoms. The highest BCUT2D eigenvalue weighted by Gasteiger charge is 2.38. The summed E-state index contributed by atoms with van der Waals surface area (Å²) in [4.78, 5) is 14.8. The second kappa shape index (κ2) is 5.40. The van der Waals surface area contributed by atoms with E-state index >= 15 is 0 Å². The van der Waals surface area contributed by atoms with E-state index in [1.807, 2.05) is 35.2 Å². The molecule has 2 aromatic carbocycles. The first-order valence-electron chi connectivity index (χ1n) is 8.14. The highest BCUT2D eigenvalue weighted by atomic mass is 16.5. The summed E-state index contributed by atoms with van der Waals surface area (Å²) in [5.41, 5.74) is 0.795. The molecule has 2 fully saturated rings. The number of carbonyl (C=O) groups excluding carboxylic acids is 1. The molecule has 0 unspecified atom stereocenters. The first kappa shape index (κ1) is 13.8. The SMILES string of the molecule is C[C@H]1C[C@H]2CN(C(=O)c3ccc4ccccc4c3)CC[C@H]2O1. The number of benzene rings is 2. The first-order valence-corrected chi connectivity index (χ1v) is 8.14. The zero-order chi connectivity index (χ0) is 15.1. The first-order chi connectivity index (χ1) is 10.7. The van der Waals surface area contributed by atoms with Crippen LogP contribution in [0.5, 0.6) is 0 Å². The van der Waals surface area contributed by atoms with Crippen LogP contribution in [-0.2, 0) is 4.74 Å². The number of likely N-dealkylation sites (tertiary alicyclic amines) is 1. The van der Waals surface area contributed by atoms with Gasteiger partial charge >= 0.3 is 0 Å². The van der Waals surface area contributed by atoms with Crippen LogP contribution in [0.25, 0.3) is 10.8 Å². The molecule has 2 saturated heterocycles. The van der Waals surface area contributed by atoms with Crippen LogP contribution in [0.3, 0.4) is 0 Å². The van der Waals surface area contributed by atoms with Gasteiger partial charge in [0.25, 0.3) is 5.91 Å². The lowest BCUT2D eigenvalue weighted by Crippen LogP contribution is -2.44. The molecule has 114 valence electrons. The van der Waals surface area contributed by atoms with E-state index in [4.69, 9.17) is 4.74 Å². The van der Waals surface area contributed by atoms with Gasteiger partial charge in [-0.25, -0.2) is 0 Å². The Morgan fingerprint density at radius 2 is 2.00 bits per heavy atom. The molecule has 0 saturated carbocycles. The molecular weight excluding hydrogens is 274 g/mol. The molecule has 4 rings (SSSR count). The van der Waals surface area contributed by atoms with Crippen molar-refractivity contribution >= 4 is 16.7 Å². The fraction of sp³-hybridized carbons (Fsp3) is 0.421. The summed E-state index contributed by atoms with van der Waals surface area (Å²) in [6, 6.07) is 14.2. The van der Waals surface area contributed by atoms with Gasteiger partial charge in [0.1, 0.15) is 0 Å². The third-order valence-electron chi connectivity index (χ3n) is 4.99. The fourth-order valence-electron chi connectivity index (χ4n) is 3.89. The van der Waals surface area contributed by atoms with Gasteiger partial charge in [-0.3, -0.25) is 4.79 Å². The molecule has 0 radical (unpaired) electrons. The van der Waals surface area contributed by atoms with Gasteiger partial charge in [0.2, 0.25) is 0 Å². The van der Waals surface area contributed by atoms with Crippen molar-refractivity contribution in [1.29, 1.82) is 0 Å². The Balaban J connectivity index is 1.55. The molecule has 3 atom stereocenters. The lowest BCUT2D eigenvalue weighted by atomic mass is 9.92. The molecule has 0 bridgehead atoms. The van der Waals surface area contributed by atoms with E-state index in [1.165, 1.54) is 5.39 Å². The van der Waals surface area contributed by atoms with Crippen molar-refractivity contribution in [3.05, 3.63) is 48.0 Å². The van der Waals surface area contributed by atoms with Crippen molar-refractivity contribution in [2.45, 2.75) is 32.0 Å². The van der Waals surface area contributed by atoms with E-state index in [0.717, 1.165) is 36.9 Å². The molecule has 2 aliphatic rings. The van der Waals surface area contributed by atoms with Crippen LogP contribution < -0.4 is 0 Å². The normalized spacial score (nSPS) is 27.9. The van der Waals surface area contributed by atoms with E-state index in [1.54, 1.807) is 0 Å². The van der Waals surface area contributed by atoms with Crippen molar-refractivity contribution in [3.8, 4) is 0 Å². The Labute approximate surface area is 130 Å². The quantitative estimate of drug-likeness (QED) is 0.806. The third-order valence-corrected chi connectivity index (χ3v) is 4.99. The Hall–Kier alpha value is -1.87. The zero-order valence-corrected chi connectivity index (χ0v) is 12.9. The monoisotopic (exact) mass is 295 g/mol. The molecule has 0 aromatic heterocycles. The molecular formula is C19H21NO2. The standard InChI is InChI=1S/C19H21NO2/c1-13-10-17-12-20(9-8-18(17)22-13)19(21)16-7-6-14-4-2-3-5-15(14)11-16/h2-7,11,13,17-18H,8-10,12H2,1H3/t13-,17-,18+/m0/s1. The summed E-state index contributed by atoms with van der Waals surface area (Å²) in [5.74, 6) is 0.664. The molecule has 0 N–H and O–H groups in total. The molecule has 0 aliphatic carbocycles. The predicted octanol–water partition coefficient (Wildman–Crippen LogP) is 3.48. The van der Waals surface area contributed by atoms with Crippen LogP contribution in [-0.4, -0.2) is 36.1 Å². The fourth-order valence-corrected chi connectivity index (χ4v) is 3.89. The minimum atomic E-state index is 0.156. The van der Waals surface area contributed by atoms with E-state index < -0.39 is 0 Å². The summed E-state index contributed by atoms with van der Waals surface area (Å²) < 4.78 is 5.92.